The number of ether oxygens (including phenoxy) is 2. The second-order valence-corrected chi connectivity index (χ2v) is 5.45. The molecule has 2 rings (SSSR count). The Balaban J connectivity index is 2.13. The highest BCUT2D eigenvalue weighted by molar-refractivity contribution is 5.93. The number of aliphatic imine (C=N–C) groups is 1. The summed E-state index contributed by atoms with van der Waals surface area (Å²) in [6.45, 7) is 2.58. The number of nitrogens with one attached hydrogen (secondary N) is 2. The fraction of sp³-hybridized carbons (Fsp3) is 0.316. The topological polar surface area (TPSA) is 75.1 Å². The number of anilines is 1. The number of aliphatic hydroxyl groups is 1. The molecule has 0 radical (unpaired) electrons. The normalized spacial score (nSPS) is 12.4. The summed E-state index contributed by atoms with van der Waals surface area (Å²) in [5, 5.41) is 16.4. The minimum Gasteiger partial charge on any atom is -0.493 e. The number of benzene rings is 2. The Morgan fingerprint density at radius 3 is 2.54 bits per heavy atom. The first-order chi connectivity index (χ1) is 12.6. The molecular formula is C19H24FN3O3. The molecule has 3 N–H and O–H groups in total. The molecule has 0 saturated heterocycles. The quantitative estimate of drug-likeness (QED) is 0.522. The summed E-state index contributed by atoms with van der Waals surface area (Å²) in [4.78, 5) is 4.33. The average molecular weight is 361 g/mol. The van der Waals surface area contributed by atoms with Crippen molar-refractivity contribution in [3.05, 3.63) is 53.8 Å². The Bertz CT molecular complexity index is 753. The van der Waals surface area contributed by atoms with Gasteiger partial charge in [-0.25, -0.2) is 9.38 Å². The van der Waals surface area contributed by atoms with Crippen LogP contribution in [-0.4, -0.2) is 38.4 Å². The third-order valence-electron chi connectivity index (χ3n) is 3.68. The first kappa shape index (κ1) is 19.5. The van der Waals surface area contributed by atoms with Crippen molar-refractivity contribution < 1.29 is 19.0 Å². The van der Waals surface area contributed by atoms with E-state index in [1.807, 2.05) is 13.0 Å². The van der Waals surface area contributed by atoms with Crippen molar-refractivity contribution in [2.45, 2.75) is 13.0 Å². The van der Waals surface area contributed by atoms with Crippen molar-refractivity contribution in [2.24, 2.45) is 4.99 Å². The molecule has 0 aliphatic rings. The van der Waals surface area contributed by atoms with Gasteiger partial charge in [-0.15, -0.1) is 0 Å². The number of rotatable bonds is 7. The van der Waals surface area contributed by atoms with E-state index >= 15 is 0 Å². The summed E-state index contributed by atoms with van der Waals surface area (Å²) in [6, 6.07) is 11.5. The maximum atomic E-state index is 13.7. The number of methoxy groups -OCH3 is 2. The van der Waals surface area contributed by atoms with Crippen LogP contribution in [0.4, 0.5) is 10.1 Å². The summed E-state index contributed by atoms with van der Waals surface area (Å²) in [5.41, 5.74) is 0.959. The smallest absolute Gasteiger partial charge is 0.195 e. The fourth-order valence-corrected chi connectivity index (χ4v) is 2.38. The Morgan fingerprint density at radius 2 is 1.88 bits per heavy atom. The Labute approximate surface area is 152 Å². The third kappa shape index (κ3) is 5.10. The molecule has 0 aromatic heterocycles. The Kier molecular flexibility index (Phi) is 7.23. The number of halogens is 1. The highest BCUT2D eigenvalue weighted by atomic mass is 19.1. The van der Waals surface area contributed by atoms with Gasteiger partial charge in [-0.05, 0) is 25.1 Å². The van der Waals surface area contributed by atoms with Crippen molar-refractivity contribution in [1.82, 2.24) is 5.32 Å². The van der Waals surface area contributed by atoms with Gasteiger partial charge in [0.2, 0.25) is 0 Å². The van der Waals surface area contributed by atoms with Crippen LogP contribution in [0, 0.1) is 5.82 Å². The van der Waals surface area contributed by atoms with E-state index in [0.717, 1.165) is 5.69 Å². The van der Waals surface area contributed by atoms with Crippen molar-refractivity contribution in [3.63, 3.8) is 0 Å². The molecule has 0 aliphatic heterocycles. The minimum atomic E-state index is -1.03. The van der Waals surface area contributed by atoms with Gasteiger partial charge in [-0.3, -0.25) is 0 Å². The zero-order valence-electron chi connectivity index (χ0n) is 15.1. The van der Waals surface area contributed by atoms with Gasteiger partial charge in [0.25, 0.3) is 0 Å². The van der Waals surface area contributed by atoms with Crippen molar-refractivity contribution >= 4 is 11.6 Å². The van der Waals surface area contributed by atoms with Crippen LogP contribution in [0.2, 0.25) is 0 Å². The number of guanidine groups is 1. The zero-order chi connectivity index (χ0) is 18.9. The molecule has 0 saturated carbocycles. The first-order valence-corrected chi connectivity index (χ1v) is 8.28. The standard InChI is InChI=1S/C19H24FN3O3/c1-4-21-19(22-12-16(24)14-7-5-6-8-15(14)20)23-13-9-10-17(25-2)18(11-13)26-3/h5-11,16,24H,4,12H2,1-3H3,(H2,21,22,23). The SMILES string of the molecule is CCNC(=NCC(O)c1ccccc1F)Nc1ccc(OC)c(OC)c1. The predicted octanol–water partition coefficient (Wildman–Crippen LogP) is 2.95. The molecule has 2 aromatic rings. The lowest BCUT2D eigenvalue weighted by Crippen LogP contribution is -2.31. The Morgan fingerprint density at radius 1 is 1.15 bits per heavy atom. The lowest BCUT2D eigenvalue weighted by Gasteiger charge is -2.15. The van der Waals surface area contributed by atoms with E-state index in [4.69, 9.17) is 9.47 Å². The molecule has 0 fully saturated rings. The van der Waals surface area contributed by atoms with Gasteiger partial charge in [0.15, 0.2) is 17.5 Å². The summed E-state index contributed by atoms with van der Waals surface area (Å²) in [5.74, 6) is 1.22. The molecule has 0 aliphatic carbocycles. The molecule has 140 valence electrons. The first-order valence-electron chi connectivity index (χ1n) is 8.28. The van der Waals surface area contributed by atoms with Crippen LogP contribution in [0.1, 0.15) is 18.6 Å². The van der Waals surface area contributed by atoms with Crippen molar-refractivity contribution in [1.29, 1.82) is 0 Å². The van der Waals surface area contributed by atoms with Gasteiger partial charge in [0.1, 0.15) is 11.9 Å². The van der Waals surface area contributed by atoms with Gasteiger partial charge >= 0.3 is 0 Å². The van der Waals surface area contributed by atoms with Crippen molar-refractivity contribution in [3.8, 4) is 11.5 Å². The van der Waals surface area contributed by atoms with Gasteiger partial charge in [0, 0.05) is 23.9 Å². The molecule has 0 amide bonds. The maximum absolute atomic E-state index is 13.7. The van der Waals surface area contributed by atoms with Crippen LogP contribution in [-0.2, 0) is 0 Å². The minimum absolute atomic E-state index is 0.0174. The van der Waals surface area contributed by atoms with Gasteiger partial charge in [-0.1, -0.05) is 18.2 Å². The summed E-state index contributed by atoms with van der Waals surface area (Å²) in [6.07, 6.45) is -1.03. The average Bonchev–Trinajstić information content (AvgIpc) is 2.66. The van der Waals surface area contributed by atoms with Gasteiger partial charge in [0.05, 0.1) is 20.8 Å². The third-order valence-corrected chi connectivity index (χ3v) is 3.68. The molecular weight excluding hydrogens is 337 g/mol. The number of hydrogen-bond acceptors (Lipinski definition) is 4. The van der Waals surface area contributed by atoms with E-state index in [1.54, 1.807) is 44.6 Å². The molecule has 1 unspecified atom stereocenters. The maximum Gasteiger partial charge on any atom is 0.195 e. The largest absolute Gasteiger partial charge is 0.493 e. The van der Waals surface area contributed by atoms with Crippen LogP contribution in [0.5, 0.6) is 11.5 Å². The van der Waals surface area contributed by atoms with Crippen LogP contribution in [0.25, 0.3) is 0 Å². The molecule has 0 spiro atoms. The summed E-state index contributed by atoms with van der Waals surface area (Å²) >= 11 is 0. The lowest BCUT2D eigenvalue weighted by molar-refractivity contribution is 0.182. The number of nitrogens with zero attached hydrogens (tertiary/aromatic N) is 1. The lowest BCUT2D eigenvalue weighted by atomic mass is 10.1. The zero-order valence-corrected chi connectivity index (χ0v) is 15.1. The van der Waals surface area contributed by atoms with E-state index in [9.17, 15) is 9.50 Å². The second-order valence-electron chi connectivity index (χ2n) is 5.45. The molecule has 0 bridgehead atoms. The molecule has 7 heteroatoms. The number of hydrogen-bond donors (Lipinski definition) is 3. The fourth-order valence-electron chi connectivity index (χ4n) is 2.38. The van der Waals surface area contributed by atoms with E-state index in [1.165, 1.54) is 6.07 Å². The Hall–Kier alpha value is -2.80. The number of aliphatic hydroxyl groups excluding tert-OH is 1. The van der Waals surface area contributed by atoms with Crippen LogP contribution < -0.4 is 20.1 Å². The van der Waals surface area contributed by atoms with Crippen molar-refractivity contribution in [2.75, 3.05) is 32.6 Å². The van der Waals surface area contributed by atoms with Gasteiger partial charge in [-0.2, -0.15) is 0 Å². The van der Waals surface area contributed by atoms with E-state index in [2.05, 4.69) is 15.6 Å². The molecule has 1 atom stereocenters. The molecule has 0 heterocycles. The monoisotopic (exact) mass is 361 g/mol. The molecule has 26 heavy (non-hydrogen) atoms. The van der Waals surface area contributed by atoms with E-state index in [-0.39, 0.29) is 12.1 Å². The summed E-state index contributed by atoms with van der Waals surface area (Å²) < 4.78 is 24.2. The van der Waals surface area contributed by atoms with Crippen LogP contribution >= 0.6 is 0 Å². The summed E-state index contributed by atoms with van der Waals surface area (Å²) in [7, 11) is 3.13. The van der Waals surface area contributed by atoms with E-state index < -0.39 is 11.9 Å². The van der Waals surface area contributed by atoms with E-state index in [0.29, 0.717) is 24.0 Å². The van der Waals surface area contributed by atoms with Crippen LogP contribution in [0.15, 0.2) is 47.5 Å². The predicted molar refractivity (Wildman–Crippen MR) is 101 cm³/mol. The highest BCUT2D eigenvalue weighted by Gasteiger charge is 2.12. The highest BCUT2D eigenvalue weighted by Crippen LogP contribution is 2.29. The molecule has 2 aromatic carbocycles. The molecule has 6 nitrogen and oxygen atoms in total. The van der Waals surface area contributed by atoms with Crippen LogP contribution in [0.3, 0.4) is 0 Å². The van der Waals surface area contributed by atoms with Gasteiger partial charge < -0.3 is 25.2 Å². The second kappa shape index (κ2) is 9.62.